The number of rotatable bonds is 4. The van der Waals surface area contributed by atoms with Gasteiger partial charge >= 0.3 is 59.1 Å². The van der Waals surface area contributed by atoms with Crippen molar-refractivity contribution >= 4 is 69.2 Å². The quantitative estimate of drug-likeness (QED) is 0.353. The Morgan fingerprint density at radius 2 is 1.67 bits per heavy atom. The molecule has 0 heterocycles. The molecule has 0 saturated heterocycles. The molecule has 0 aliphatic rings. The Labute approximate surface area is 116 Å². The molecule has 0 saturated carbocycles. The molecule has 0 rings (SSSR count). The predicted molar refractivity (Wildman–Crippen MR) is 48.4 cm³/mol. The van der Waals surface area contributed by atoms with Gasteiger partial charge in [-0.25, -0.2) is 0 Å². The fourth-order valence-corrected chi connectivity index (χ4v) is 0.946. The van der Waals surface area contributed by atoms with Gasteiger partial charge in [0.2, 0.25) is 0 Å². The van der Waals surface area contributed by atoms with Crippen LogP contribution in [-0.4, -0.2) is 101 Å². The summed E-state index contributed by atoms with van der Waals surface area (Å²) in [5, 5.41) is 16.8. The van der Waals surface area contributed by atoms with E-state index in [1.807, 2.05) is 0 Å². The van der Waals surface area contributed by atoms with Crippen LogP contribution in [0, 0.1) is 0 Å². The second-order valence-corrected chi connectivity index (χ2v) is 3.48. The zero-order chi connectivity index (χ0) is 8.20. The van der Waals surface area contributed by atoms with Crippen molar-refractivity contribution in [3.8, 4) is 0 Å². The van der Waals surface area contributed by atoms with E-state index in [9.17, 15) is 8.42 Å². The molecule has 0 aliphatic heterocycles. The minimum absolute atomic E-state index is 0. The normalized spacial score (nSPS) is 12.6. The number of hydrogen-bond donors (Lipinski definition) is 3. The average molecular weight is 218 g/mol. The molecule has 0 amide bonds. The molecule has 0 aromatic carbocycles. The average Bonchev–Trinajstić information content (AvgIpc) is 1.81. The Bertz CT molecular complexity index is 180. The van der Waals surface area contributed by atoms with Gasteiger partial charge in [-0.1, -0.05) is 0 Å². The third kappa shape index (κ3) is 14.4. The third-order valence-electron chi connectivity index (χ3n) is 0.920. The Morgan fingerprint density at radius 1 is 1.25 bits per heavy atom. The van der Waals surface area contributed by atoms with E-state index in [0.717, 1.165) is 0 Å². The van der Waals surface area contributed by atoms with Crippen molar-refractivity contribution in [2.45, 2.75) is 12.5 Å². The summed E-state index contributed by atoms with van der Waals surface area (Å²) in [6.45, 7) is -0.491. The van der Waals surface area contributed by atoms with Crippen LogP contribution in [-0.2, 0) is 10.1 Å². The van der Waals surface area contributed by atoms with Gasteiger partial charge in [0.25, 0.3) is 10.1 Å². The van der Waals surface area contributed by atoms with Gasteiger partial charge in [-0.15, -0.1) is 0 Å². The molecule has 0 aromatic rings. The van der Waals surface area contributed by atoms with Gasteiger partial charge in [0.05, 0.1) is 18.5 Å². The molecule has 0 spiro atoms. The second-order valence-electron chi connectivity index (χ2n) is 1.91. The summed E-state index contributed by atoms with van der Waals surface area (Å²) in [5.41, 5.74) is 0. The van der Waals surface area contributed by atoms with Crippen LogP contribution in [0.4, 0.5) is 0 Å². The van der Waals surface area contributed by atoms with Crippen molar-refractivity contribution in [2.24, 2.45) is 0 Å². The Kier molecular flexibility index (Phi) is 15.2. The van der Waals surface area contributed by atoms with E-state index in [1.54, 1.807) is 0 Å². The molecule has 0 radical (unpaired) electrons. The fraction of sp³-hybridized carbons (Fsp3) is 1.00. The first kappa shape index (κ1) is 19.4. The Balaban J connectivity index is -0.000000405. The van der Waals surface area contributed by atoms with Crippen LogP contribution in [0.25, 0.3) is 0 Å². The van der Waals surface area contributed by atoms with Crippen LogP contribution in [0.2, 0.25) is 0 Å². The first-order valence-corrected chi connectivity index (χ1v) is 4.30. The van der Waals surface area contributed by atoms with E-state index in [2.05, 4.69) is 0 Å². The summed E-state index contributed by atoms with van der Waals surface area (Å²) in [7, 11) is -4.00. The van der Waals surface area contributed by atoms with Crippen LogP contribution in [0.3, 0.4) is 0 Å². The second kappa shape index (κ2) is 9.39. The Morgan fingerprint density at radius 3 is 1.92 bits per heavy atom. The first-order chi connectivity index (χ1) is 4.45. The van der Waals surface area contributed by atoms with Crippen molar-refractivity contribution in [2.75, 3.05) is 12.4 Å². The Hall–Kier alpha value is 1.83. The molecule has 66 valence electrons. The van der Waals surface area contributed by atoms with E-state index in [0.29, 0.717) is 0 Å². The zero-order valence-corrected chi connectivity index (χ0v) is 6.08. The van der Waals surface area contributed by atoms with Crippen LogP contribution in [0.15, 0.2) is 0 Å². The van der Waals surface area contributed by atoms with Crippen molar-refractivity contribution in [1.29, 1.82) is 0 Å². The van der Waals surface area contributed by atoms with Crippen LogP contribution in [0.5, 0.6) is 0 Å². The maximum absolute atomic E-state index is 10.0. The standard InChI is InChI=1S/C4H10O5S.2Na.2H/c5-3-4(6)1-2-10(7,8)9;;;;/h4-6H,1-3H2,(H,7,8,9);;;;. The predicted octanol–water partition coefficient (Wildman–Crippen LogP) is -2.68. The molecule has 12 heavy (non-hydrogen) atoms. The molecule has 0 bridgehead atoms. The van der Waals surface area contributed by atoms with Gasteiger partial charge in [-0.05, 0) is 6.42 Å². The molecule has 1 unspecified atom stereocenters. The number of aliphatic hydroxyl groups excluding tert-OH is 2. The van der Waals surface area contributed by atoms with Crippen molar-refractivity contribution in [3.05, 3.63) is 0 Å². The summed E-state index contributed by atoms with van der Waals surface area (Å²) in [6.07, 6.45) is -1.21. The van der Waals surface area contributed by atoms with Crippen LogP contribution in [0.1, 0.15) is 6.42 Å². The SMILES string of the molecule is O=S(=O)(O)CCC(O)CO.[NaH].[NaH]. The van der Waals surface area contributed by atoms with Gasteiger partial charge in [0.1, 0.15) is 0 Å². The molecule has 0 aromatic heterocycles. The minimum atomic E-state index is -4.00. The van der Waals surface area contributed by atoms with E-state index < -0.39 is 28.6 Å². The molecule has 0 fully saturated rings. The van der Waals surface area contributed by atoms with Crippen LogP contribution < -0.4 is 0 Å². The molecule has 5 nitrogen and oxygen atoms in total. The van der Waals surface area contributed by atoms with Gasteiger partial charge in [-0.3, -0.25) is 4.55 Å². The zero-order valence-electron chi connectivity index (χ0n) is 5.27. The summed E-state index contributed by atoms with van der Waals surface area (Å²) in [4.78, 5) is 0. The van der Waals surface area contributed by atoms with E-state index in [1.165, 1.54) is 0 Å². The summed E-state index contributed by atoms with van der Waals surface area (Å²) < 4.78 is 28.2. The summed E-state index contributed by atoms with van der Waals surface area (Å²) in [5.74, 6) is -0.519. The summed E-state index contributed by atoms with van der Waals surface area (Å²) >= 11 is 0. The van der Waals surface area contributed by atoms with Gasteiger partial charge < -0.3 is 10.2 Å². The van der Waals surface area contributed by atoms with E-state index in [4.69, 9.17) is 14.8 Å². The van der Waals surface area contributed by atoms with E-state index >= 15 is 0 Å². The van der Waals surface area contributed by atoms with Crippen molar-refractivity contribution < 1.29 is 23.2 Å². The molecule has 3 N–H and O–H groups in total. The van der Waals surface area contributed by atoms with Crippen molar-refractivity contribution in [1.82, 2.24) is 0 Å². The maximum atomic E-state index is 10.0. The molecule has 0 aliphatic carbocycles. The third-order valence-corrected chi connectivity index (χ3v) is 1.67. The summed E-state index contributed by atoms with van der Waals surface area (Å²) in [6, 6.07) is 0. The van der Waals surface area contributed by atoms with Gasteiger partial charge in [0, 0.05) is 0 Å². The fourth-order valence-electron chi connectivity index (χ4n) is 0.376. The van der Waals surface area contributed by atoms with Crippen LogP contribution >= 0.6 is 0 Å². The first-order valence-electron chi connectivity index (χ1n) is 2.70. The molecule has 8 heteroatoms. The van der Waals surface area contributed by atoms with Crippen molar-refractivity contribution in [3.63, 3.8) is 0 Å². The molecular formula is C4H12Na2O5S. The molecule has 1 atom stereocenters. The van der Waals surface area contributed by atoms with E-state index in [-0.39, 0.29) is 65.5 Å². The number of aliphatic hydroxyl groups is 2. The van der Waals surface area contributed by atoms with Gasteiger partial charge in [-0.2, -0.15) is 8.42 Å². The van der Waals surface area contributed by atoms with Gasteiger partial charge in [0.15, 0.2) is 0 Å². The monoisotopic (exact) mass is 218 g/mol. The number of hydrogen-bond acceptors (Lipinski definition) is 4. The topological polar surface area (TPSA) is 94.8 Å². The molecular weight excluding hydrogens is 206 g/mol.